The Labute approximate surface area is 168 Å². The first-order chi connectivity index (χ1) is 13.2. The molecule has 2 aromatic rings. The number of carbonyl (C=O) groups is 1. The second kappa shape index (κ2) is 11.2. The average molecular weight is 412 g/mol. The van der Waals surface area contributed by atoms with Gasteiger partial charge in [0, 0.05) is 56.0 Å². The van der Waals surface area contributed by atoms with Crippen LogP contribution in [0, 0.1) is 0 Å². The number of nitrogens with one attached hydrogen (secondary N) is 1. The number of methoxy groups -OCH3 is 1. The van der Waals surface area contributed by atoms with Crippen molar-refractivity contribution in [2.24, 2.45) is 0 Å². The molecule has 0 radical (unpaired) electrons. The molecule has 0 bridgehead atoms. The van der Waals surface area contributed by atoms with E-state index in [2.05, 4.69) is 4.72 Å². The summed E-state index contributed by atoms with van der Waals surface area (Å²) in [6.45, 7) is 7.51. The minimum absolute atomic E-state index is 0.0538. The third kappa shape index (κ3) is 6.92. The van der Waals surface area contributed by atoms with E-state index in [0.29, 0.717) is 31.7 Å². The van der Waals surface area contributed by atoms with Gasteiger partial charge in [0.25, 0.3) is 5.91 Å². The van der Waals surface area contributed by atoms with E-state index < -0.39 is 10.0 Å². The first-order valence-electron chi connectivity index (χ1n) is 9.55. The van der Waals surface area contributed by atoms with E-state index in [1.807, 2.05) is 49.7 Å². The zero-order valence-corrected chi connectivity index (χ0v) is 18.5. The van der Waals surface area contributed by atoms with Gasteiger partial charge in [0.1, 0.15) is 0 Å². The van der Waals surface area contributed by atoms with E-state index in [1.54, 1.807) is 25.1 Å². The molecule has 158 valence electrons. The quantitative estimate of drug-likeness (QED) is 0.688. The fraction of sp³-hybridized carbons (Fsp3) is 0.550. The smallest absolute Gasteiger partial charge is 0.253 e. The van der Waals surface area contributed by atoms with Crippen LogP contribution in [-0.2, 0) is 21.3 Å². The molecule has 0 unspecified atom stereocenters. The fourth-order valence-corrected chi connectivity index (χ4v) is 3.68. The zero-order chi connectivity index (χ0) is 21.3. The molecule has 0 saturated carbocycles. The summed E-state index contributed by atoms with van der Waals surface area (Å²) in [5, 5.41) is 0.949. The topological polar surface area (TPSA) is 80.6 Å². The first kappa shape index (κ1) is 24.1. The van der Waals surface area contributed by atoms with Crippen LogP contribution in [-0.4, -0.2) is 63.4 Å². The molecule has 2 rings (SSSR count). The minimum atomic E-state index is -3.25. The van der Waals surface area contributed by atoms with Crippen LogP contribution in [0.25, 0.3) is 10.9 Å². The molecule has 1 aromatic carbocycles. The summed E-state index contributed by atoms with van der Waals surface area (Å²) in [6.07, 6.45) is 3.77. The standard InChI is InChI=1S/C18H27N3O4S.C2H6/c1-5-16(19-26(4,23)24)13-21-9-8-14-12-15(6-7-17(14)21)18(22)20(2)10-11-25-3;1-2/h6-9,12,16,19H,5,10-11,13H2,1-4H3;1-2H3/t16-;/m0./s1. The highest BCUT2D eigenvalue weighted by molar-refractivity contribution is 7.88. The van der Waals surface area contributed by atoms with E-state index >= 15 is 0 Å². The SMILES string of the molecule is CC.CC[C@@H](Cn1ccc2cc(C(=O)N(C)CCOC)ccc21)NS(C)(=O)=O. The maximum absolute atomic E-state index is 12.5. The summed E-state index contributed by atoms with van der Waals surface area (Å²) in [7, 11) is 0.105. The Kier molecular flexibility index (Phi) is 9.64. The Morgan fingerprint density at radius 2 is 1.96 bits per heavy atom. The summed E-state index contributed by atoms with van der Waals surface area (Å²) < 4.78 is 32.6. The van der Waals surface area contributed by atoms with Gasteiger partial charge in [-0.05, 0) is 30.7 Å². The van der Waals surface area contributed by atoms with Crippen LogP contribution >= 0.6 is 0 Å². The van der Waals surface area contributed by atoms with Crippen LogP contribution in [0.1, 0.15) is 37.6 Å². The molecule has 0 aliphatic carbocycles. The highest BCUT2D eigenvalue weighted by Crippen LogP contribution is 2.19. The Balaban J connectivity index is 0.00000190. The second-order valence-electron chi connectivity index (χ2n) is 6.46. The number of amides is 1. The number of rotatable bonds is 9. The molecule has 1 amide bonds. The number of nitrogens with zero attached hydrogens (tertiary/aromatic N) is 2. The van der Waals surface area contributed by atoms with E-state index in [9.17, 15) is 13.2 Å². The van der Waals surface area contributed by atoms with Gasteiger partial charge < -0.3 is 14.2 Å². The van der Waals surface area contributed by atoms with E-state index in [1.165, 1.54) is 6.26 Å². The van der Waals surface area contributed by atoms with E-state index in [-0.39, 0.29) is 11.9 Å². The molecule has 0 aliphatic heterocycles. The maximum Gasteiger partial charge on any atom is 0.253 e. The molecule has 0 fully saturated rings. The molecule has 28 heavy (non-hydrogen) atoms. The number of carbonyl (C=O) groups excluding carboxylic acids is 1. The molecule has 0 saturated heterocycles. The number of ether oxygens (including phenoxy) is 1. The van der Waals surface area contributed by atoms with Gasteiger partial charge in [0.05, 0.1) is 12.9 Å². The van der Waals surface area contributed by atoms with Gasteiger partial charge in [-0.3, -0.25) is 4.79 Å². The Morgan fingerprint density at radius 3 is 2.54 bits per heavy atom. The van der Waals surface area contributed by atoms with Crippen LogP contribution in [0.3, 0.4) is 0 Å². The van der Waals surface area contributed by atoms with Crippen molar-refractivity contribution in [1.29, 1.82) is 0 Å². The minimum Gasteiger partial charge on any atom is -0.383 e. The number of sulfonamides is 1. The molecule has 7 nitrogen and oxygen atoms in total. The fourth-order valence-electron chi connectivity index (χ4n) is 2.83. The van der Waals surface area contributed by atoms with Crippen LogP contribution in [0.4, 0.5) is 0 Å². The number of benzene rings is 1. The highest BCUT2D eigenvalue weighted by Gasteiger charge is 2.15. The summed E-state index contributed by atoms with van der Waals surface area (Å²) in [5.41, 5.74) is 1.59. The maximum atomic E-state index is 12.5. The molecule has 1 N–H and O–H groups in total. The van der Waals surface area contributed by atoms with Crippen molar-refractivity contribution in [2.45, 2.75) is 39.8 Å². The third-order valence-electron chi connectivity index (χ3n) is 4.29. The van der Waals surface area contributed by atoms with E-state index in [4.69, 9.17) is 4.74 Å². The van der Waals surface area contributed by atoms with Gasteiger partial charge in [-0.1, -0.05) is 20.8 Å². The molecular weight excluding hydrogens is 378 g/mol. The van der Waals surface area contributed by atoms with Crippen molar-refractivity contribution in [3.63, 3.8) is 0 Å². The summed E-state index contributed by atoms with van der Waals surface area (Å²) >= 11 is 0. The van der Waals surface area contributed by atoms with Crippen LogP contribution in [0.15, 0.2) is 30.5 Å². The van der Waals surface area contributed by atoms with Crippen molar-refractivity contribution in [3.05, 3.63) is 36.0 Å². The van der Waals surface area contributed by atoms with Gasteiger partial charge in [0.2, 0.25) is 10.0 Å². The molecule has 1 heterocycles. The van der Waals surface area contributed by atoms with Crippen LogP contribution in [0.2, 0.25) is 0 Å². The lowest BCUT2D eigenvalue weighted by Gasteiger charge is -2.18. The molecule has 1 aromatic heterocycles. The van der Waals surface area contributed by atoms with Crippen LogP contribution < -0.4 is 4.72 Å². The lowest BCUT2D eigenvalue weighted by Crippen LogP contribution is -2.36. The van der Waals surface area contributed by atoms with E-state index in [0.717, 1.165) is 10.9 Å². The molecule has 1 atom stereocenters. The predicted octanol–water partition coefficient (Wildman–Crippen LogP) is 2.71. The number of hydrogen-bond acceptors (Lipinski definition) is 4. The lowest BCUT2D eigenvalue weighted by molar-refractivity contribution is 0.0744. The van der Waals surface area contributed by atoms with Gasteiger partial charge in [-0.2, -0.15) is 0 Å². The van der Waals surface area contributed by atoms with Crippen LogP contribution in [0.5, 0.6) is 0 Å². The van der Waals surface area contributed by atoms with Gasteiger partial charge >= 0.3 is 0 Å². The number of fused-ring (bicyclic) bond motifs is 1. The summed E-state index contributed by atoms with van der Waals surface area (Å²) in [4.78, 5) is 14.1. The van der Waals surface area contributed by atoms with Crippen molar-refractivity contribution >= 4 is 26.8 Å². The largest absolute Gasteiger partial charge is 0.383 e. The average Bonchev–Trinajstić information content (AvgIpc) is 3.07. The second-order valence-corrected chi connectivity index (χ2v) is 8.24. The summed E-state index contributed by atoms with van der Waals surface area (Å²) in [5.74, 6) is -0.0538. The highest BCUT2D eigenvalue weighted by atomic mass is 32.2. The zero-order valence-electron chi connectivity index (χ0n) is 17.7. The van der Waals surface area contributed by atoms with Gasteiger partial charge in [0.15, 0.2) is 0 Å². The predicted molar refractivity (Wildman–Crippen MR) is 114 cm³/mol. The normalized spacial score (nSPS) is 12.4. The third-order valence-corrected chi connectivity index (χ3v) is 5.05. The Hall–Kier alpha value is -1.90. The number of likely N-dealkylation sites (N-methyl/N-ethyl adjacent to an activating group) is 1. The first-order valence-corrected chi connectivity index (χ1v) is 11.4. The molecular formula is C20H33N3O4S. The number of aromatic nitrogens is 1. The number of hydrogen-bond donors (Lipinski definition) is 1. The summed E-state index contributed by atoms with van der Waals surface area (Å²) in [6, 6.07) is 7.33. The van der Waals surface area contributed by atoms with Gasteiger partial charge in [-0.15, -0.1) is 0 Å². The van der Waals surface area contributed by atoms with Crippen molar-refractivity contribution in [1.82, 2.24) is 14.2 Å². The van der Waals surface area contributed by atoms with Crippen molar-refractivity contribution in [3.8, 4) is 0 Å². The Bertz CT molecular complexity index is 861. The van der Waals surface area contributed by atoms with Crippen molar-refractivity contribution in [2.75, 3.05) is 33.6 Å². The molecule has 0 aliphatic rings. The van der Waals surface area contributed by atoms with Gasteiger partial charge in [-0.25, -0.2) is 13.1 Å². The lowest BCUT2D eigenvalue weighted by atomic mass is 10.1. The molecule has 8 heteroatoms. The Morgan fingerprint density at radius 1 is 1.29 bits per heavy atom. The monoisotopic (exact) mass is 411 g/mol. The molecule has 0 spiro atoms. The van der Waals surface area contributed by atoms with Crippen molar-refractivity contribution < 1.29 is 17.9 Å².